The SMILES string of the molecule is CC(C)(C(=O)NC1C2CCCC1CC(N)C2)c1cccs1. The first kappa shape index (κ1) is 15.0. The van der Waals surface area contributed by atoms with Crippen LogP contribution in [-0.2, 0) is 10.2 Å². The van der Waals surface area contributed by atoms with Crippen molar-refractivity contribution >= 4 is 17.2 Å². The maximum atomic E-state index is 12.8. The van der Waals surface area contributed by atoms with Crippen molar-refractivity contribution in [1.29, 1.82) is 0 Å². The van der Waals surface area contributed by atoms with Crippen LogP contribution >= 0.6 is 11.3 Å². The second-order valence-corrected chi connectivity index (χ2v) is 8.23. The van der Waals surface area contributed by atoms with Crippen LogP contribution in [0, 0.1) is 11.8 Å². The van der Waals surface area contributed by atoms with Gasteiger partial charge in [-0.25, -0.2) is 0 Å². The third kappa shape index (κ3) is 2.88. The van der Waals surface area contributed by atoms with Crippen LogP contribution in [0.3, 0.4) is 0 Å². The summed E-state index contributed by atoms with van der Waals surface area (Å²) in [6.07, 6.45) is 5.87. The van der Waals surface area contributed by atoms with Crippen LogP contribution in [0.1, 0.15) is 50.8 Å². The van der Waals surface area contributed by atoms with Gasteiger partial charge in [-0.1, -0.05) is 12.5 Å². The van der Waals surface area contributed by atoms with Crippen molar-refractivity contribution in [2.75, 3.05) is 0 Å². The Morgan fingerprint density at radius 1 is 1.33 bits per heavy atom. The summed E-state index contributed by atoms with van der Waals surface area (Å²) >= 11 is 1.66. The van der Waals surface area contributed by atoms with E-state index in [0.29, 0.717) is 23.9 Å². The molecule has 3 nitrogen and oxygen atoms in total. The van der Waals surface area contributed by atoms with Crippen molar-refractivity contribution in [2.45, 2.75) is 63.5 Å². The lowest BCUT2D eigenvalue weighted by Crippen LogP contribution is -2.56. The maximum Gasteiger partial charge on any atom is 0.231 e. The highest BCUT2D eigenvalue weighted by Gasteiger charge is 2.42. The van der Waals surface area contributed by atoms with Gasteiger partial charge in [-0.05, 0) is 62.8 Å². The molecule has 2 unspecified atom stereocenters. The summed E-state index contributed by atoms with van der Waals surface area (Å²) < 4.78 is 0. The van der Waals surface area contributed by atoms with Crippen LogP contribution in [0.25, 0.3) is 0 Å². The molecule has 3 rings (SSSR count). The number of nitrogens with two attached hydrogens (primary N) is 1. The number of fused-ring (bicyclic) bond motifs is 2. The molecule has 2 fully saturated rings. The molecule has 116 valence electrons. The molecule has 2 aliphatic rings. The predicted octanol–water partition coefficient (Wildman–Crippen LogP) is 3.05. The van der Waals surface area contributed by atoms with Gasteiger partial charge < -0.3 is 11.1 Å². The Hall–Kier alpha value is -0.870. The van der Waals surface area contributed by atoms with Gasteiger partial charge in [0.15, 0.2) is 0 Å². The number of amides is 1. The van der Waals surface area contributed by atoms with Crippen LogP contribution in [0.2, 0.25) is 0 Å². The summed E-state index contributed by atoms with van der Waals surface area (Å²) in [4.78, 5) is 13.9. The lowest BCUT2D eigenvalue weighted by atomic mass is 9.66. The van der Waals surface area contributed by atoms with E-state index < -0.39 is 5.41 Å². The van der Waals surface area contributed by atoms with E-state index in [0.717, 1.165) is 17.7 Å². The van der Waals surface area contributed by atoms with E-state index in [-0.39, 0.29) is 5.91 Å². The van der Waals surface area contributed by atoms with E-state index in [1.165, 1.54) is 19.3 Å². The van der Waals surface area contributed by atoms with E-state index in [1.54, 1.807) is 11.3 Å². The zero-order valence-corrected chi connectivity index (χ0v) is 13.8. The zero-order valence-electron chi connectivity index (χ0n) is 13.0. The molecule has 3 N–H and O–H groups in total. The molecule has 1 aromatic rings. The highest BCUT2D eigenvalue weighted by Crippen LogP contribution is 2.40. The highest BCUT2D eigenvalue weighted by atomic mass is 32.1. The van der Waals surface area contributed by atoms with Crippen molar-refractivity contribution in [3.8, 4) is 0 Å². The fraction of sp³-hybridized carbons (Fsp3) is 0.706. The Kier molecular flexibility index (Phi) is 4.10. The molecular formula is C17H26N2OS. The largest absolute Gasteiger partial charge is 0.352 e. The first-order chi connectivity index (χ1) is 9.98. The minimum absolute atomic E-state index is 0.169. The number of hydrogen-bond acceptors (Lipinski definition) is 3. The van der Waals surface area contributed by atoms with Gasteiger partial charge in [0.2, 0.25) is 5.91 Å². The van der Waals surface area contributed by atoms with Gasteiger partial charge in [0.1, 0.15) is 0 Å². The summed E-state index contributed by atoms with van der Waals surface area (Å²) in [5, 5.41) is 5.42. The normalized spacial score (nSPS) is 32.7. The summed E-state index contributed by atoms with van der Waals surface area (Å²) in [6.45, 7) is 4.05. The van der Waals surface area contributed by atoms with E-state index in [9.17, 15) is 4.79 Å². The molecule has 2 aliphatic carbocycles. The standard InChI is InChI=1S/C17H26N2OS/c1-17(2,14-7-4-8-21-14)16(20)19-15-11-5-3-6-12(15)10-13(18)9-11/h4,7-8,11-13,15H,3,5-6,9-10,18H2,1-2H3,(H,19,20). The minimum Gasteiger partial charge on any atom is -0.352 e. The lowest BCUT2D eigenvalue weighted by molar-refractivity contribution is -0.128. The molecule has 2 atom stereocenters. The molecular weight excluding hydrogens is 280 g/mol. The van der Waals surface area contributed by atoms with Gasteiger partial charge in [-0.2, -0.15) is 0 Å². The number of carbonyl (C=O) groups excluding carboxylic acids is 1. The second kappa shape index (κ2) is 5.73. The van der Waals surface area contributed by atoms with Crippen LogP contribution in [-0.4, -0.2) is 18.0 Å². The summed E-state index contributed by atoms with van der Waals surface area (Å²) in [5.74, 6) is 1.33. The quantitative estimate of drug-likeness (QED) is 0.902. The zero-order chi connectivity index (χ0) is 15.0. The van der Waals surface area contributed by atoms with E-state index >= 15 is 0 Å². The maximum absolute atomic E-state index is 12.8. The van der Waals surface area contributed by atoms with Crippen molar-refractivity contribution in [3.05, 3.63) is 22.4 Å². The average molecular weight is 306 g/mol. The number of thiophene rings is 1. The topological polar surface area (TPSA) is 55.1 Å². The Morgan fingerprint density at radius 2 is 2.00 bits per heavy atom. The van der Waals surface area contributed by atoms with Crippen molar-refractivity contribution < 1.29 is 4.79 Å². The van der Waals surface area contributed by atoms with Crippen LogP contribution in [0.15, 0.2) is 17.5 Å². The smallest absolute Gasteiger partial charge is 0.231 e. The molecule has 21 heavy (non-hydrogen) atoms. The summed E-state index contributed by atoms with van der Waals surface area (Å²) in [7, 11) is 0. The Labute approximate surface area is 131 Å². The summed E-state index contributed by atoms with van der Waals surface area (Å²) in [6, 6.07) is 4.75. The Morgan fingerprint density at radius 3 is 2.57 bits per heavy atom. The van der Waals surface area contributed by atoms with E-state index in [2.05, 4.69) is 11.4 Å². The molecule has 0 saturated heterocycles. The fourth-order valence-corrected chi connectivity index (χ4v) is 4.95. The van der Waals surface area contributed by atoms with Gasteiger partial charge in [-0.15, -0.1) is 11.3 Å². The van der Waals surface area contributed by atoms with E-state index in [1.807, 2.05) is 25.3 Å². The van der Waals surface area contributed by atoms with Crippen LogP contribution in [0.4, 0.5) is 0 Å². The highest BCUT2D eigenvalue weighted by molar-refractivity contribution is 7.10. The third-order valence-electron chi connectivity index (χ3n) is 5.38. The lowest BCUT2D eigenvalue weighted by Gasteiger charge is -2.46. The van der Waals surface area contributed by atoms with Crippen molar-refractivity contribution in [1.82, 2.24) is 5.32 Å². The van der Waals surface area contributed by atoms with Crippen LogP contribution in [0.5, 0.6) is 0 Å². The third-order valence-corrected chi connectivity index (χ3v) is 6.57. The second-order valence-electron chi connectivity index (χ2n) is 7.28. The minimum atomic E-state index is -0.442. The van der Waals surface area contributed by atoms with Gasteiger partial charge in [0.25, 0.3) is 0 Å². The molecule has 4 heteroatoms. The van der Waals surface area contributed by atoms with Crippen molar-refractivity contribution in [3.63, 3.8) is 0 Å². The number of nitrogens with one attached hydrogen (secondary N) is 1. The molecule has 1 aromatic heterocycles. The van der Waals surface area contributed by atoms with Crippen molar-refractivity contribution in [2.24, 2.45) is 17.6 Å². The molecule has 1 amide bonds. The molecule has 2 saturated carbocycles. The predicted molar refractivity (Wildman–Crippen MR) is 87.3 cm³/mol. The van der Waals surface area contributed by atoms with Gasteiger partial charge >= 0.3 is 0 Å². The molecule has 0 radical (unpaired) electrons. The molecule has 0 spiro atoms. The van der Waals surface area contributed by atoms with Gasteiger partial charge in [0.05, 0.1) is 5.41 Å². The molecule has 1 heterocycles. The number of rotatable bonds is 3. The first-order valence-corrected chi connectivity index (χ1v) is 8.97. The summed E-state index contributed by atoms with van der Waals surface area (Å²) in [5.41, 5.74) is 5.73. The van der Waals surface area contributed by atoms with Gasteiger partial charge in [-0.3, -0.25) is 4.79 Å². The van der Waals surface area contributed by atoms with Gasteiger partial charge in [0, 0.05) is 17.0 Å². The molecule has 2 bridgehead atoms. The number of carbonyl (C=O) groups is 1. The average Bonchev–Trinajstić information content (AvgIpc) is 2.94. The van der Waals surface area contributed by atoms with Crippen LogP contribution < -0.4 is 11.1 Å². The number of hydrogen-bond donors (Lipinski definition) is 2. The monoisotopic (exact) mass is 306 g/mol. The van der Waals surface area contributed by atoms with E-state index in [4.69, 9.17) is 5.73 Å². The first-order valence-electron chi connectivity index (χ1n) is 8.09. The fourth-order valence-electron chi connectivity index (χ4n) is 4.10. The Bertz CT molecular complexity index is 483. The Balaban J connectivity index is 1.72. The molecule has 0 aliphatic heterocycles. The molecule has 0 aromatic carbocycles.